The minimum Gasteiger partial charge on any atom is -0.497 e. The maximum absolute atomic E-state index is 13.2. The van der Waals surface area contributed by atoms with Crippen molar-refractivity contribution in [3.05, 3.63) is 70.5 Å². The molecule has 0 saturated heterocycles. The van der Waals surface area contributed by atoms with Crippen molar-refractivity contribution in [1.29, 1.82) is 0 Å². The van der Waals surface area contributed by atoms with Crippen LogP contribution in [0.1, 0.15) is 0 Å². The Morgan fingerprint density at radius 3 is 2.90 bits per heavy atom. The van der Waals surface area contributed by atoms with Crippen LogP contribution < -0.4 is 15.6 Å². The summed E-state index contributed by atoms with van der Waals surface area (Å²) < 4.78 is 6.79. The zero-order valence-corrected chi connectivity index (χ0v) is 17.0. The molecule has 0 atom stereocenters. The van der Waals surface area contributed by atoms with Gasteiger partial charge in [0.1, 0.15) is 5.75 Å². The van der Waals surface area contributed by atoms with Crippen molar-refractivity contribution in [2.45, 2.75) is 5.16 Å². The minimum atomic E-state index is -0.218. The average Bonchev–Trinajstić information content (AvgIpc) is 3.25. The summed E-state index contributed by atoms with van der Waals surface area (Å²) in [7, 11) is 1.57. The van der Waals surface area contributed by atoms with Gasteiger partial charge in [-0.15, -0.1) is 11.3 Å². The van der Waals surface area contributed by atoms with Crippen LogP contribution >= 0.6 is 23.1 Å². The van der Waals surface area contributed by atoms with Gasteiger partial charge < -0.3 is 10.1 Å². The number of methoxy groups -OCH3 is 1. The fourth-order valence-corrected chi connectivity index (χ4v) is 4.11. The van der Waals surface area contributed by atoms with Crippen LogP contribution in [0.25, 0.3) is 16.6 Å². The molecule has 4 aromatic rings. The highest BCUT2D eigenvalue weighted by Crippen LogP contribution is 2.24. The van der Waals surface area contributed by atoms with E-state index >= 15 is 0 Å². The molecule has 2 aromatic heterocycles. The zero-order chi connectivity index (χ0) is 20.2. The molecule has 29 heavy (non-hydrogen) atoms. The van der Waals surface area contributed by atoms with E-state index in [4.69, 9.17) is 4.74 Å². The summed E-state index contributed by atoms with van der Waals surface area (Å²) in [6.07, 6.45) is 1.62. The lowest BCUT2D eigenvalue weighted by molar-refractivity contribution is -0.113. The number of ether oxygens (including phenoxy) is 1. The van der Waals surface area contributed by atoms with Crippen LogP contribution in [0.5, 0.6) is 5.75 Å². The molecule has 0 aliphatic carbocycles. The van der Waals surface area contributed by atoms with Crippen LogP contribution in [-0.4, -0.2) is 33.3 Å². The SMILES string of the molecule is COc1cccc(-n2c(SCC(=O)Nc3nccs3)nc3ccccc3c2=O)c1. The van der Waals surface area contributed by atoms with Crippen molar-refractivity contribution >= 4 is 45.0 Å². The van der Waals surface area contributed by atoms with Gasteiger partial charge in [0.05, 0.1) is 29.5 Å². The number of thiazole rings is 1. The number of hydrogen-bond donors (Lipinski definition) is 1. The first-order chi connectivity index (χ1) is 14.2. The molecule has 4 rings (SSSR count). The number of carbonyl (C=O) groups is 1. The highest BCUT2D eigenvalue weighted by atomic mass is 32.2. The normalized spacial score (nSPS) is 10.8. The van der Waals surface area contributed by atoms with E-state index in [1.54, 1.807) is 61.2 Å². The van der Waals surface area contributed by atoms with E-state index < -0.39 is 0 Å². The Balaban J connectivity index is 1.73. The molecule has 2 aromatic carbocycles. The first-order valence-corrected chi connectivity index (χ1v) is 10.5. The molecule has 0 aliphatic heterocycles. The smallest absolute Gasteiger partial charge is 0.266 e. The van der Waals surface area contributed by atoms with Crippen molar-refractivity contribution < 1.29 is 9.53 Å². The Bertz CT molecular complexity index is 1220. The maximum Gasteiger partial charge on any atom is 0.266 e. The van der Waals surface area contributed by atoms with Crippen molar-refractivity contribution in [1.82, 2.24) is 14.5 Å². The molecule has 7 nitrogen and oxygen atoms in total. The summed E-state index contributed by atoms with van der Waals surface area (Å²) in [4.78, 5) is 34.2. The fraction of sp³-hybridized carbons (Fsp3) is 0.100. The Hall–Kier alpha value is -3.17. The van der Waals surface area contributed by atoms with Crippen LogP contribution in [-0.2, 0) is 4.79 Å². The lowest BCUT2D eigenvalue weighted by Gasteiger charge is -2.14. The average molecular weight is 425 g/mol. The van der Waals surface area contributed by atoms with E-state index in [-0.39, 0.29) is 17.2 Å². The van der Waals surface area contributed by atoms with Crippen molar-refractivity contribution in [3.63, 3.8) is 0 Å². The van der Waals surface area contributed by atoms with Crippen LogP contribution in [0.4, 0.5) is 5.13 Å². The molecule has 0 bridgehead atoms. The number of nitrogens with zero attached hydrogens (tertiary/aromatic N) is 3. The minimum absolute atomic E-state index is 0.0916. The molecule has 0 spiro atoms. The number of hydrogen-bond acceptors (Lipinski definition) is 7. The number of fused-ring (bicyclic) bond motifs is 1. The predicted octanol–water partition coefficient (Wildman–Crippen LogP) is 3.58. The summed E-state index contributed by atoms with van der Waals surface area (Å²) in [6, 6.07) is 14.3. The molecule has 0 unspecified atom stereocenters. The van der Waals surface area contributed by atoms with Crippen molar-refractivity contribution in [2.24, 2.45) is 0 Å². The highest BCUT2D eigenvalue weighted by Gasteiger charge is 2.15. The second kappa shape index (κ2) is 8.46. The van der Waals surface area contributed by atoms with Gasteiger partial charge in [0.2, 0.25) is 5.91 Å². The first kappa shape index (κ1) is 19.2. The molecule has 0 saturated carbocycles. The van der Waals surface area contributed by atoms with Gasteiger partial charge in [0.15, 0.2) is 10.3 Å². The highest BCUT2D eigenvalue weighted by molar-refractivity contribution is 7.99. The molecule has 0 fully saturated rings. The van der Waals surface area contributed by atoms with Crippen molar-refractivity contribution in [3.8, 4) is 11.4 Å². The van der Waals surface area contributed by atoms with Crippen LogP contribution in [0.3, 0.4) is 0 Å². The molecular weight excluding hydrogens is 408 g/mol. The van der Waals surface area contributed by atoms with Gasteiger partial charge in [-0.2, -0.15) is 0 Å². The van der Waals surface area contributed by atoms with Gasteiger partial charge in [0, 0.05) is 17.6 Å². The molecule has 1 amide bonds. The standard InChI is InChI=1S/C20H16N4O3S2/c1-27-14-6-4-5-13(11-14)24-18(26)15-7-2-3-8-16(15)22-20(24)29-12-17(25)23-19-21-9-10-28-19/h2-11H,12H2,1H3,(H,21,23,25). The first-order valence-electron chi connectivity index (χ1n) is 8.64. The summed E-state index contributed by atoms with van der Waals surface area (Å²) in [5.41, 5.74) is 1.00. The van der Waals surface area contributed by atoms with Crippen LogP contribution in [0, 0.1) is 0 Å². The number of para-hydroxylation sites is 1. The predicted molar refractivity (Wildman–Crippen MR) is 115 cm³/mol. The summed E-state index contributed by atoms with van der Waals surface area (Å²) >= 11 is 2.53. The summed E-state index contributed by atoms with van der Waals surface area (Å²) in [5.74, 6) is 0.499. The third kappa shape index (κ3) is 4.15. The van der Waals surface area contributed by atoms with E-state index in [1.807, 2.05) is 6.07 Å². The zero-order valence-electron chi connectivity index (χ0n) is 15.4. The Labute approximate surface area is 174 Å². The van der Waals surface area contributed by atoms with E-state index in [0.29, 0.717) is 32.6 Å². The topological polar surface area (TPSA) is 86.1 Å². The molecule has 1 N–H and O–H groups in total. The van der Waals surface area contributed by atoms with Gasteiger partial charge in [-0.05, 0) is 24.3 Å². The second-order valence-electron chi connectivity index (χ2n) is 5.93. The number of benzene rings is 2. The monoisotopic (exact) mass is 424 g/mol. The van der Waals surface area contributed by atoms with Crippen LogP contribution in [0.15, 0.2) is 70.1 Å². The van der Waals surface area contributed by atoms with E-state index in [2.05, 4.69) is 15.3 Å². The van der Waals surface area contributed by atoms with E-state index in [9.17, 15) is 9.59 Å². The molecule has 0 radical (unpaired) electrons. The number of carbonyl (C=O) groups excluding carboxylic acids is 1. The van der Waals surface area contributed by atoms with E-state index in [1.165, 1.54) is 27.7 Å². The number of rotatable bonds is 6. The van der Waals surface area contributed by atoms with Gasteiger partial charge in [-0.25, -0.2) is 9.97 Å². The lowest BCUT2D eigenvalue weighted by atomic mass is 10.2. The molecule has 2 heterocycles. The number of anilines is 1. The largest absolute Gasteiger partial charge is 0.497 e. The number of thioether (sulfide) groups is 1. The van der Waals surface area contributed by atoms with Gasteiger partial charge in [-0.3, -0.25) is 14.2 Å². The lowest BCUT2D eigenvalue weighted by Crippen LogP contribution is -2.23. The van der Waals surface area contributed by atoms with Crippen LogP contribution in [0.2, 0.25) is 0 Å². The summed E-state index contributed by atoms with van der Waals surface area (Å²) in [5, 5.41) is 5.99. The maximum atomic E-state index is 13.2. The number of amides is 1. The quantitative estimate of drug-likeness (QED) is 0.376. The Morgan fingerprint density at radius 1 is 1.24 bits per heavy atom. The Morgan fingerprint density at radius 2 is 2.10 bits per heavy atom. The third-order valence-corrected chi connectivity index (χ3v) is 5.69. The second-order valence-corrected chi connectivity index (χ2v) is 7.76. The fourth-order valence-electron chi connectivity index (χ4n) is 2.76. The van der Waals surface area contributed by atoms with E-state index in [0.717, 1.165) is 0 Å². The molecule has 146 valence electrons. The van der Waals surface area contributed by atoms with Gasteiger partial charge in [0.25, 0.3) is 5.56 Å². The molecule has 9 heteroatoms. The van der Waals surface area contributed by atoms with Crippen molar-refractivity contribution in [2.75, 3.05) is 18.2 Å². The van der Waals surface area contributed by atoms with Gasteiger partial charge >= 0.3 is 0 Å². The number of nitrogens with one attached hydrogen (secondary N) is 1. The molecule has 0 aliphatic rings. The molecular formula is C20H16N4O3S2. The number of aromatic nitrogens is 3. The summed E-state index contributed by atoms with van der Waals surface area (Å²) in [6.45, 7) is 0. The third-order valence-electron chi connectivity index (χ3n) is 4.07. The Kier molecular flexibility index (Phi) is 5.59. The van der Waals surface area contributed by atoms with Gasteiger partial charge in [-0.1, -0.05) is 30.0 Å².